The molecule has 7 heteroatoms. The van der Waals surface area contributed by atoms with Crippen LogP contribution >= 0.6 is 11.8 Å². The van der Waals surface area contributed by atoms with Gasteiger partial charge < -0.3 is 19.8 Å². The third-order valence-corrected chi connectivity index (χ3v) is 5.48. The van der Waals surface area contributed by atoms with Crippen molar-refractivity contribution >= 4 is 29.7 Å². The fourth-order valence-corrected chi connectivity index (χ4v) is 4.12. The van der Waals surface area contributed by atoms with Crippen molar-refractivity contribution in [3.05, 3.63) is 65.2 Å². The predicted octanol–water partition coefficient (Wildman–Crippen LogP) is 3.39. The number of amides is 1. The van der Waals surface area contributed by atoms with Crippen LogP contribution in [-0.2, 0) is 4.79 Å². The first-order valence-electron chi connectivity index (χ1n) is 8.30. The van der Waals surface area contributed by atoms with E-state index in [-0.39, 0.29) is 17.0 Å². The van der Waals surface area contributed by atoms with Gasteiger partial charge in [0.05, 0.1) is 7.11 Å². The molecule has 1 fully saturated rings. The van der Waals surface area contributed by atoms with Crippen LogP contribution in [0.15, 0.2) is 48.5 Å². The van der Waals surface area contributed by atoms with Gasteiger partial charge in [-0.1, -0.05) is 18.2 Å². The van der Waals surface area contributed by atoms with Crippen LogP contribution in [0.3, 0.4) is 0 Å². The number of benzene rings is 2. The number of phenolic OH excluding ortho intramolecular Hbond substituents is 1. The van der Waals surface area contributed by atoms with E-state index in [9.17, 15) is 14.7 Å². The summed E-state index contributed by atoms with van der Waals surface area (Å²) in [6.07, 6.45) is 2.54. The van der Waals surface area contributed by atoms with E-state index in [0.29, 0.717) is 23.4 Å². The summed E-state index contributed by atoms with van der Waals surface area (Å²) in [5, 5.41) is 18.3. The molecule has 0 saturated carbocycles. The number of aliphatic carboxylic acids is 1. The topological polar surface area (TPSA) is 87.1 Å². The lowest BCUT2D eigenvalue weighted by atomic mass is 10.1. The first-order chi connectivity index (χ1) is 13.0. The van der Waals surface area contributed by atoms with E-state index in [1.807, 2.05) is 0 Å². The van der Waals surface area contributed by atoms with Gasteiger partial charge >= 0.3 is 5.97 Å². The lowest BCUT2D eigenvalue weighted by molar-refractivity contribution is -0.131. The molecule has 1 heterocycles. The monoisotopic (exact) mass is 385 g/mol. The zero-order valence-electron chi connectivity index (χ0n) is 14.7. The molecule has 1 aliphatic rings. The lowest BCUT2D eigenvalue weighted by Gasteiger charge is -2.24. The molecule has 6 nitrogen and oxygen atoms in total. The second-order valence-corrected chi connectivity index (χ2v) is 7.13. The third kappa shape index (κ3) is 4.25. The number of thioether (sulfide) groups is 1. The van der Waals surface area contributed by atoms with Gasteiger partial charge in [-0.2, -0.15) is 0 Å². The largest absolute Gasteiger partial charge is 0.504 e. The average Bonchev–Trinajstić information content (AvgIpc) is 3.16. The van der Waals surface area contributed by atoms with Crippen molar-refractivity contribution in [1.29, 1.82) is 0 Å². The smallest absolute Gasteiger partial charge is 0.328 e. The third-order valence-electron chi connectivity index (χ3n) is 4.22. The highest BCUT2D eigenvalue weighted by Gasteiger charge is 2.31. The molecule has 0 aliphatic carbocycles. The molecule has 0 aromatic heterocycles. The number of rotatable bonds is 5. The molecule has 3 rings (SSSR count). The molecule has 140 valence electrons. The Bertz CT molecular complexity index is 878. The Labute approximate surface area is 161 Å². The maximum absolute atomic E-state index is 12.9. The van der Waals surface area contributed by atoms with E-state index in [4.69, 9.17) is 9.84 Å². The minimum Gasteiger partial charge on any atom is -0.504 e. The van der Waals surface area contributed by atoms with E-state index in [2.05, 4.69) is 0 Å². The summed E-state index contributed by atoms with van der Waals surface area (Å²) >= 11 is 1.66. The molecule has 0 spiro atoms. The molecule has 1 amide bonds. The second-order valence-electron chi connectivity index (χ2n) is 5.95. The Morgan fingerprint density at radius 1 is 1.22 bits per heavy atom. The summed E-state index contributed by atoms with van der Waals surface area (Å²) in [6.45, 7) is 0.623. The van der Waals surface area contributed by atoms with E-state index in [0.717, 1.165) is 17.4 Å². The van der Waals surface area contributed by atoms with Crippen LogP contribution in [0.5, 0.6) is 11.5 Å². The highest BCUT2D eigenvalue weighted by Crippen LogP contribution is 2.41. The maximum atomic E-state index is 12.9. The summed E-state index contributed by atoms with van der Waals surface area (Å²) in [7, 11) is 1.49. The summed E-state index contributed by atoms with van der Waals surface area (Å²) in [4.78, 5) is 25.3. The van der Waals surface area contributed by atoms with E-state index < -0.39 is 5.97 Å². The Hall–Kier alpha value is -2.93. The molecular formula is C20H19NO5S. The molecule has 1 aliphatic heterocycles. The number of methoxy groups -OCH3 is 1. The molecule has 2 aromatic rings. The number of phenols is 1. The van der Waals surface area contributed by atoms with Crippen molar-refractivity contribution in [2.24, 2.45) is 0 Å². The molecule has 0 radical (unpaired) electrons. The number of hydrogen-bond donors (Lipinski definition) is 2. The van der Waals surface area contributed by atoms with Crippen LogP contribution in [0.2, 0.25) is 0 Å². The van der Waals surface area contributed by atoms with Crippen LogP contribution < -0.4 is 4.74 Å². The van der Waals surface area contributed by atoms with Gasteiger partial charge in [0.2, 0.25) is 0 Å². The number of ether oxygens (including phenoxy) is 1. The highest BCUT2D eigenvalue weighted by molar-refractivity contribution is 7.99. The van der Waals surface area contributed by atoms with Gasteiger partial charge in [0, 0.05) is 23.9 Å². The van der Waals surface area contributed by atoms with Crippen molar-refractivity contribution in [1.82, 2.24) is 4.90 Å². The highest BCUT2D eigenvalue weighted by atomic mass is 32.2. The summed E-state index contributed by atoms with van der Waals surface area (Å²) in [5.74, 6) is 0.148. The van der Waals surface area contributed by atoms with Crippen molar-refractivity contribution in [3.8, 4) is 11.5 Å². The van der Waals surface area contributed by atoms with Crippen LogP contribution in [0.1, 0.15) is 26.9 Å². The lowest BCUT2D eigenvalue weighted by Crippen LogP contribution is -2.30. The number of carbonyl (C=O) groups excluding carboxylic acids is 1. The van der Waals surface area contributed by atoms with Gasteiger partial charge in [-0.15, -0.1) is 11.8 Å². The zero-order chi connectivity index (χ0) is 19.4. The van der Waals surface area contributed by atoms with Gasteiger partial charge in [0.25, 0.3) is 5.91 Å². The normalized spacial score (nSPS) is 16.6. The number of hydrogen-bond acceptors (Lipinski definition) is 5. The van der Waals surface area contributed by atoms with Crippen LogP contribution in [-0.4, -0.2) is 46.4 Å². The quantitative estimate of drug-likeness (QED) is 0.768. The van der Waals surface area contributed by atoms with Gasteiger partial charge in [-0.3, -0.25) is 4.79 Å². The van der Waals surface area contributed by atoms with Crippen molar-refractivity contribution in [2.75, 3.05) is 19.4 Å². The van der Waals surface area contributed by atoms with Gasteiger partial charge in [-0.05, 0) is 41.5 Å². The van der Waals surface area contributed by atoms with Crippen molar-refractivity contribution in [2.45, 2.75) is 5.37 Å². The molecule has 2 aromatic carbocycles. The number of nitrogens with zero attached hydrogens (tertiary/aromatic N) is 1. The Balaban J connectivity index is 1.80. The number of carboxylic acid groups (broad SMARTS) is 1. The number of carbonyl (C=O) groups is 2. The minimum absolute atomic E-state index is 0.0622. The summed E-state index contributed by atoms with van der Waals surface area (Å²) in [6, 6.07) is 11.9. The number of aromatic hydroxyl groups is 1. The Kier molecular flexibility index (Phi) is 5.71. The minimum atomic E-state index is -1.02. The summed E-state index contributed by atoms with van der Waals surface area (Å²) in [5.41, 5.74) is 2.15. The van der Waals surface area contributed by atoms with E-state index in [1.165, 1.54) is 13.2 Å². The molecular weight excluding hydrogens is 366 g/mol. The van der Waals surface area contributed by atoms with E-state index >= 15 is 0 Å². The average molecular weight is 385 g/mol. The first-order valence-corrected chi connectivity index (χ1v) is 9.35. The Morgan fingerprint density at radius 3 is 2.63 bits per heavy atom. The molecule has 0 bridgehead atoms. The molecule has 2 N–H and O–H groups in total. The van der Waals surface area contributed by atoms with Crippen LogP contribution in [0.4, 0.5) is 0 Å². The van der Waals surface area contributed by atoms with E-state index in [1.54, 1.807) is 59.1 Å². The van der Waals surface area contributed by atoms with Crippen LogP contribution in [0.25, 0.3) is 6.08 Å². The molecule has 1 atom stereocenters. The Morgan fingerprint density at radius 2 is 1.96 bits per heavy atom. The maximum Gasteiger partial charge on any atom is 0.328 e. The van der Waals surface area contributed by atoms with Gasteiger partial charge in [0.1, 0.15) is 5.37 Å². The summed E-state index contributed by atoms with van der Waals surface area (Å²) < 4.78 is 5.17. The van der Waals surface area contributed by atoms with Gasteiger partial charge in [-0.25, -0.2) is 4.79 Å². The molecule has 1 unspecified atom stereocenters. The van der Waals surface area contributed by atoms with Crippen LogP contribution in [0, 0.1) is 0 Å². The number of carboxylic acids is 1. The fraction of sp³-hybridized carbons (Fsp3) is 0.200. The predicted molar refractivity (Wildman–Crippen MR) is 104 cm³/mol. The second kappa shape index (κ2) is 8.18. The fourth-order valence-electron chi connectivity index (χ4n) is 2.87. The molecule has 27 heavy (non-hydrogen) atoms. The van der Waals surface area contributed by atoms with Crippen molar-refractivity contribution < 1.29 is 24.5 Å². The molecule has 1 saturated heterocycles. The standard InChI is InChI=1S/C20H19NO5S/c1-26-17-12-15(7-8-16(17)22)20-21(10-11-27-20)19(25)14-5-2-13(3-6-14)4-9-18(23)24/h2-9,12,20,22H,10-11H2,1H3,(H,23,24)/b9-4+. The zero-order valence-corrected chi connectivity index (χ0v) is 15.5. The van der Waals surface area contributed by atoms with Crippen molar-refractivity contribution in [3.63, 3.8) is 0 Å². The van der Waals surface area contributed by atoms with Gasteiger partial charge in [0.15, 0.2) is 11.5 Å². The SMILES string of the molecule is COc1cc(C2SCCN2C(=O)c2ccc(/C=C/C(=O)O)cc2)ccc1O. The first kappa shape index (κ1) is 18.8.